The van der Waals surface area contributed by atoms with Gasteiger partial charge in [0.25, 0.3) is 0 Å². The number of hydrogen-bond donors (Lipinski definition) is 1. The van der Waals surface area contributed by atoms with Crippen molar-refractivity contribution in [1.29, 1.82) is 0 Å². The Kier molecular flexibility index (Phi) is 8.53. The monoisotopic (exact) mass is 503 g/mol. The van der Waals surface area contributed by atoms with Crippen LogP contribution in [0.3, 0.4) is 0 Å². The maximum absolute atomic E-state index is 14.5. The van der Waals surface area contributed by atoms with E-state index >= 15 is 0 Å². The Morgan fingerprint density at radius 3 is 2.37 bits per heavy atom. The third kappa shape index (κ3) is 6.81. The first-order valence-corrected chi connectivity index (χ1v) is 13.7. The molecule has 35 heavy (non-hydrogen) atoms. The molecule has 190 valence electrons. The standard InChI is InChI=1S/C26H34FN3O4S/c1-18-13-14-24(19(2)15-18)30(35(4,33)34)17-25(31)29(16-21-9-5-8-12-23(21)27)20(3)26(32)28-22-10-6-7-11-22/h5,8-9,12-15,20,22H,6-7,10-11,16-17H2,1-4H3,(H,28,32). The van der Waals surface area contributed by atoms with Gasteiger partial charge in [-0.3, -0.25) is 13.9 Å². The Bertz CT molecular complexity index is 1180. The molecule has 0 spiro atoms. The molecule has 2 aromatic rings. The topological polar surface area (TPSA) is 86.8 Å². The van der Waals surface area contributed by atoms with E-state index in [0.717, 1.165) is 41.8 Å². The minimum atomic E-state index is -3.82. The predicted octanol–water partition coefficient (Wildman–Crippen LogP) is 3.68. The van der Waals surface area contributed by atoms with Gasteiger partial charge in [-0.15, -0.1) is 0 Å². The van der Waals surface area contributed by atoms with E-state index in [1.807, 2.05) is 13.0 Å². The van der Waals surface area contributed by atoms with Crippen molar-refractivity contribution in [2.45, 2.75) is 65.1 Å². The summed E-state index contributed by atoms with van der Waals surface area (Å²) in [6, 6.07) is 10.5. The summed E-state index contributed by atoms with van der Waals surface area (Å²) in [5, 5.41) is 2.99. The fourth-order valence-corrected chi connectivity index (χ4v) is 5.37. The van der Waals surface area contributed by atoms with Crippen LogP contribution < -0.4 is 9.62 Å². The van der Waals surface area contributed by atoms with Crippen molar-refractivity contribution in [3.63, 3.8) is 0 Å². The zero-order chi connectivity index (χ0) is 25.8. The van der Waals surface area contributed by atoms with Gasteiger partial charge in [-0.2, -0.15) is 0 Å². The quantitative estimate of drug-likeness (QED) is 0.566. The van der Waals surface area contributed by atoms with Gasteiger partial charge >= 0.3 is 0 Å². The van der Waals surface area contributed by atoms with Crippen molar-refractivity contribution >= 4 is 27.5 Å². The molecule has 0 saturated heterocycles. The van der Waals surface area contributed by atoms with Crippen molar-refractivity contribution in [1.82, 2.24) is 10.2 Å². The lowest BCUT2D eigenvalue weighted by Gasteiger charge is -2.32. The molecule has 2 aromatic carbocycles. The molecule has 0 aliphatic heterocycles. The summed E-state index contributed by atoms with van der Waals surface area (Å²) in [7, 11) is -3.82. The van der Waals surface area contributed by atoms with Crippen LogP contribution in [0.5, 0.6) is 0 Å². The lowest BCUT2D eigenvalue weighted by atomic mass is 10.1. The normalized spacial score (nSPS) is 15.0. The van der Waals surface area contributed by atoms with Crippen molar-refractivity contribution in [3.8, 4) is 0 Å². The van der Waals surface area contributed by atoms with Gasteiger partial charge in [0.2, 0.25) is 21.8 Å². The molecule has 1 N–H and O–H groups in total. The molecule has 0 bridgehead atoms. The molecule has 1 aliphatic carbocycles. The SMILES string of the molecule is Cc1ccc(N(CC(=O)N(Cc2ccccc2F)C(C)C(=O)NC2CCCC2)S(C)(=O)=O)c(C)c1. The molecule has 2 amide bonds. The van der Waals surface area contributed by atoms with Crippen LogP contribution in [-0.4, -0.2) is 50.0 Å². The molecule has 7 nitrogen and oxygen atoms in total. The average Bonchev–Trinajstić information content (AvgIpc) is 3.29. The number of nitrogens with one attached hydrogen (secondary N) is 1. The van der Waals surface area contributed by atoms with Crippen LogP contribution in [0.25, 0.3) is 0 Å². The second-order valence-corrected chi connectivity index (χ2v) is 11.2. The molecule has 0 aromatic heterocycles. The van der Waals surface area contributed by atoms with Gasteiger partial charge in [0.05, 0.1) is 11.9 Å². The average molecular weight is 504 g/mol. The molecule has 1 aliphatic rings. The number of amides is 2. The van der Waals surface area contributed by atoms with Crippen molar-refractivity contribution in [2.75, 3.05) is 17.1 Å². The molecular weight excluding hydrogens is 469 g/mol. The van der Waals surface area contributed by atoms with E-state index in [9.17, 15) is 22.4 Å². The minimum absolute atomic E-state index is 0.0538. The summed E-state index contributed by atoms with van der Waals surface area (Å²) in [6.45, 7) is 4.60. The highest BCUT2D eigenvalue weighted by molar-refractivity contribution is 7.92. The van der Waals surface area contributed by atoms with Crippen LogP contribution in [0.2, 0.25) is 0 Å². The summed E-state index contributed by atoms with van der Waals surface area (Å²) in [4.78, 5) is 27.9. The fraction of sp³-hybridized carbons (Fsp3) is 0.462. The lowest BCUT2D eigenvalue weighted by molar-refractivity contribution is -0.139. The summed E-state index contributed by atoms with van der Waals surface area (Å²) in [5.41, 5.74) is 2.31. The van der Waals surface area contributed by atoms with Gasteiger partial charge in [-0.25, -0.2) is 12.8 Å². The highest BCUT2D eigenvalue weighted by Gasteiger charge is 2.32. The Morgan fingerprint density at radius 1 is 1.11 bits per heavy atom. The summed E-state index contributed by atoms with van der Waals surface area (Å²) in [6.07, 6.45) is 4.88. The number of sulfonamides is 1. The van der Waals surface area contributed by atoms with E-state index < -0.39 is 34.3 Å². The maximum Gasteiger partial charge on any atom is 0.244 e. The van der Waals surface area contributed by atoms with Crippen molar-refractivity contribution in [2.24, 2.45) is 0 Å². The number of carbonyl (C=O) groups excluding carboxylic acids is 2. The first kappa shape index (κ1) is 26.7. The Hall–Kier alpha value is -2.94. The smallest absolute Gasteiger partial charge is 0.244 e. The largest absolute Gasteiger partial charge is 0.352 e. The van der Waals surface area contributed by atoms with E-state index in [-0.39, 0.29) is 24.1 Å². The molecule has 3 rings (SSSR count). The fourth-order valence-electron chi connectivity index (χ4n) is 4.46. The number of hydrogen-bond acceptors (Lipinski definition) is 4. The maximum atomic E-state index is 14.5. The molecule has 1 unspecified atom stereocenters. The van der Waals surface area contributed by atoms with Gasteiger partial charge in [0, 0.05) is 18.2 Å². The van der Waals surface area contributed by atoms with Gasteiger partial charge in [-0.05, 0) is 51.3 Å². The highest BCUT2D eigenvalue weighted by atomic mass is 32.2. The molecule has 1 fully saturated rings. The van der Waals surface area contributed by atoms with E-state index in [2.05, 4.69) is 5.32 Å². The summed E-state index contributed by atoms with van der Waals surface area (Å²) < 4.78 is 40.9. The summed E-state index contributed by atoms with van der Waals surface area (Å²) in [5.74, 6) is -1.42. The number of anilines is 1. The Balaban J connectivity index is 1.91. The molecule has 9 heteroatoms. The third-order valence-electron chi connectivity index (χ3n) is 6.47. The van der Waals surface area contributed by atoms with Crippen LogP contribution in [-0.2, 0) is 26.2 Å². The number of carbonyl (C=O) groups is 2. The first-order chi connectivity index (χ1) is 16.5. The van der Waals surface area contributed by atoms with Crippen LogP contribution in [0.4, 0.5) is 10.1 Å². The third-order valence-corrected chi connectivity index (χ3v) is 7.59. The molecular formula is C26H34FN3O4S. The van der Waals surface area contributed by atoms with E-state index in [1.54, 1.807) is 44.2 Å². The second-order valence-electron chi connectivity index (χ2n) is 9.34. The Labute approximate surface area is 207 Å². The highest BCUT2D eigenvalue weighted by Crippen LogP contribution is 2.25. The van der Waals surface area contributed by atoms with E-state index in [4.69, 9.17) is 0 Å². The van der Waals surface area contributed by atoms with E-state index in [0.29, 0.717) is 11.3 Å². The number of nitrogens with zero attached hydrogens (tertiary/aromatic N) is 2. The van der Waals surface area contributed by atoms with Gasteiger partial charge in [0.1, 0.15) is 18.4 Å². The predicted molar refractivity (Wildman–Crippen MR) is 135 cm³/mol. The zero-order valence-electron chi connectivity index (χ0n) is 20.8. The number of halogens is 1. The van der Waals surface area contributed by atoms with Crippen LogP contribution >= 0.6 is 0 Å². The summed E-state index contributed by atoms with van der Waals surface area (Å²) >= 11 is 0. The molecule has 0 radical (unpaired) electrons. The minimum Gasteiger partial charge on any atom is -0.352 e. The van der Waals surface area contributed by atoms with Gasteiger partial charge in [0.15, 0.2) is 0 Å². The first-order valence-electron chi connectivity index (χ1n) is 11.9. The number of rotatable bonds is 9. The van der Waals surface area contributed by atoms with Crippen LogP contribution in [0.15, 0.2) is 42.5 Å². The van der Waals surface area contributed by atoms with E-state index in [1.165, 1.54) is 11.0 Å². The van der Waals surface area contributed by atoms with Gasteiger partial charge < -0.3 is 10.2 Å². The lowest BCUT2D eigenvalue weighted by Crippen LogP contribution is -2.52. The van der Waals surface area contributed by atoms with Crippen LogP contribution in [0.1, 0.15) is 49.3 Å². The molecule has 0 heterocycles. The Morgan fingerprint density at radius 2 is 1.77 bits per heavy atom. The zero-order valence-corrected chi connectivity index (χ0v) is 21.6. The molecule has 1 atom stereocenters. The van der Waals surface area contributed by atoms with Gasteiger partial charge in [-0.1, -0.05) is 48.7 Å². The molecule has 1 saturated carbocycles. The van der Waals surface area contributed by atoms with Crippen molar-refractivity contribution in [3.05, 3.63) is 65.0 Å². The second kappa shape index (κ2) is 11.2. The number of benzene rings is 2. The number of aryl methyl sites for hydroxylation is 2. The van der Waals surface area contributed by atoms with Crippen LogP contribution in [0, 0.1) is 19.7 Å². The van der Waals surface area contributed by atoms with Crippen molar-refractivity contribution < 1.29 is 22.4 Å².